The Morgan fingerprint density at radius 2 is 1.91 bits per heavy atom. The number of fused-ring (bicyclic) bond motifs is 2. The zero-order valence-electron chi connectivity index (χ0n) is 18.6. The van der Waals surface area contributed by atoms with Gasteiger partial charge in [-0.05, 0) is 24.6 Å². The van der Waals surface area contributed by atoms with Gasteiger partial charge in [0.25, 0.3) is 5.56 Å². The molecular formula is C23H27N5O4. The number of aryl methyl sites for hydroxylation is 1. The molecule has 0 amide bonds. The highest BCUT2D eigenvalue weighted by molar-refractivity contribution is 5.92. The number of aromatic nitrogens is 4. The molecule has 0 spiro atoms. The Bertz CT molecular complexity index is 1330. The summed E-state index contributed by atoms with van der Waals surface area (Å²) in [6.45, 7) is 6.75. The summed E-state index contributed by atoms with van der Waals surface area (Å²) in [5, 5.41) is 11.1. The van der Waals surface area contributed by atoms with Gasteiger partial charge in [0.05, 0.1) is 28.1 Å². The smallest absolute Gasteiger partial charge is 0.397 e. The van der Waals surface area contributed by atoms with Gasteiger partial charge in [0.1, 0.15) is 10.6 Å². The summed E-state index contributed by atoms with van der Waals surface area (Å²) < 4.78 is 7.49. The molecule has 1 N–H and O–H groups in total. The van der Waals surface area contributed by atoms with E-state index in [1.54, 1.807) is 12.1 Å². The van der Waals surface area contributed by atoms with E-state index in [2.05, 4.69) is 16.9 Å². The third-order valence-electron chi connectivity index (χ3n) is 5.61. The lowest BCUT2D eigenvalue weighted by Crippen LogP contribution is -2.16. The average Bonchev–Trinajstić information content (AvgIpc) is 3.36. The second-order valence-corrected chi connectivity index (χ2v) is 8.36. The number of hydrogen-bond acceptors (Lipinski definition) is 6. The SMILES string of the molecule is CCCCCCCn1c(-c2ccc([N+](=O)[O-])o2)nc2cc3[nH]c(=O)c(C(C)C)nc3cc21. The molecule has 0 aliphatic heterocycles. The van der Waals surface area contributed by atoms with Gasteiger partial charge < -0.3 is 14.0 Å². The largest absolute Gasteiger partial charge is 0.433 e. The fraction of sp³-hybridized carbons (Fsp3) is 0.435. The maximum Gasteiger partial charge on any atom is 0.433 e. The molecule has 0 saturated carbocycles. The summed E-state index contributed by atoms with van der Waals surface area (Å²) in [6.07, 6.45) is 5.57. The van der Waals surface area contributed by atoms with Crippen LogP contribution < -0.4 is 5.56 Å². The molecule has 168 valence electrons. The molecule has 1 aromatic carbocycles. The van der Waals surface area contributed by atoms with E-state index in [1.807, 2.05) is 24.5 Å². The molecule has 3 aromatic heterocycles. The zero-order chi connectivity index (χ0) is 22.8. The number of imidazole rings is 1. The summed E-state index contributed by atoms with van der Waals surface area (Å²) >= 11 is 0. The molecule has 9 heteroatoms. The Morgan fingerprint density at radius 3 is 2.59 bits per heavy atom. The van der Waals surface area contributed by atoms with Crippen LogP contribution in [0, 0.1) is 10.1 Å². The fourth-order valence-corrected chi connectivity index (χ4v) is 3.94. The molecule has 0 radical (unpaired) electrons. The van der Waals surface area contributed by atoms with Crippen molar-refractivity contribution in [2.75, 3.05) is 0 Å². The van der Waals surface area contributed by atoms with Gasteiger partial charge in [0.2, 0.25) is 0 Å². The minimum absolute atomic E-state index is 0.00144. The molecule has 0 bridgehead atoms. The van der Waals surface area contributed by atoms with E-state index < -0.39 is 4.92 Å². The monoisotopic (exact) mass is 437 g/mol. The number of unbranched alkanes of at least 4 members (excludes halogenated alkanes) is 4. The first-order valence-electron chi connectivity index (χ1n) is 11.1. The lowest BCUT2D eigenvalue weighted by atomic mass is 10.1. The second-order valence-electron chi connectivity index (χ2n) is 8.36. The van der Waals surface area contributed by atoms with E-state index in [0.717, 1.165) is 24.8 Å². The molecule has 0 fully saturated rings. The molecular weight excluding hydrogens is 410 g/mol. The number of hydrogen-bond donors (Lipinski definition) is 1. The Hall–Kier alpha value is -3.49. The van der Waals surface area contributed by atoms with Crippen LogP contribution in [0.1, 0.15) is 64.5 Å². The van der Waals surface area contributed by atoms with E-state index in [1.165, 1.54) is 18.9 Å². The van der Waals surface area contributed by atoms with Gasteiger partial charge >= 0.3 is 5.88 Å². The van der Waals surface area contributed by atoms with Crippen molar-refractivity contribution in [3.63, 3.8) is 0 Å². The molecule has 4 rings (SSSR count). The Morgan fingerprint density at radius 1 is 1.12 bits per heavy atom. The van der Waals surface area contributed by atoms with Crippen molar-refractivity contribution in [2.45, 2.75) is 65.3 Å². The summed E-state index contributed by atoms with van der Waals surface area (Å²) in [4.78, 5) is 35.1. The summed E-state index contributed by atoms with van der Waals surface area (Å²) in [5.74, 6) is 0.556. The van der Waals surface area contributed by atoms with Crippen LogP contribution in [0.25, 0.3) is 33.7 Å². The number of aromatic amines is 1. The molecule has 9 nitrogen and oxygen atoms in total. The topological polar surface area (TPSA) is 120 Å². The third kappa shape index (κ3) is 4.15. The molecule has 4 aromatic rings. The van der Waals surface area contributed by atoms with Gasteiger partial charge in [-0.2, -0.15) is 0 Å². The molecule has 0 aliphatic rings. The number of rotatable bonds is 9. The summed E-state index contributed by atoms with van der Waals surface area (Å²) in [5.41, 5.74) is 3.11. The Balaban J connectivity index is 1.84. The first-order chi connectivity index (χ1) is 15.4. The molecule has 0 atom stereocenters. The van der Waals surface area contributed by atoms with Crippen molar-refractivity contribution < 1.29 is 9.34 Å². The molecule has 0 aliphatic carbocycles. The van der Waals surface area contributed by atoms with Gasteiger partial charge in [-0.25, -0.2) is 9.97 Å². The van der Waals surface area contributed by atoms with Gasteiger partial charge in [0.15, 0.2) is 11.6 Å². The van der Waals surface area contributed by atoms with Crippen LogP contribution in [0.2, 0.25) is 0 Å². The molecule has 0 saturated heterocycles. The molecule has 3 heterocycles. The number of H-pyrrole nitrogens is 1. The summed E-state index contributed by atoms with van der Waals surface area (Å²) in [6, 6.07) is 6.64. The van der Waals surface area contributed by atoms with E-state index >= 15 is 0 Å². The van der Waals surface area contributed by atoms with Crippen LogP contribution in [-0.2, 0) is 6.54 Å². The Labute approximate surface area is 184 Å². The van der Waals surface area contributed by atoms with Crippen molar-refractivity contribution in [1.29, 1.82) is 0 Å². The second kappa shape index (κ2) is 8.94. The number of nitro groups is 1. The van der Waals surface area contributed by atoms with Crippen LogP contribution in [-0.4, -0.2) is 24.4 Å². The van der Waals surface area contributed by atoms with Crippen molar-refractivity contribution >= 4 is 28.0 Å². The van der Waals surface area contributed by atoms with Crippen molar-refractivity contribution in [1.82, 2.24) is 19.5 Å². The number of benzene rings is 1. The fourth-order valence-electron chi connectivity index (χ4n) is 3.94. The first-order valence-corrected chi connectivity index (χ1v) is 11.1. The van der Waals surface area contributed by atoms with Crippen molar-refractivity contribution in [3.05, 3.63) is 50.4 Å². The van der Waals surface area contributed by atoms with Crippen LogP contribution in [0.15, 0.2) is 33.5 Å². The minimum atomic E-state index is -0.558. The lowest BCUT2D eigenvalue weighted by Gasteiger charge is -2.09. The van der Waals surface area contributed by atoms with Crippen LogP contribution in [0.4, 0.5) is 5.88 Å². The Kier molecular flexibility index (Phi) is 6.07. The van der Waals surface area contributed by atoms with Crippen molar-refractivity contribution in [3.8, 4) is 11.6 Å². The van der Waals surface area contributed by atoms with Gasteiger partial charge in [-0.1, -0.05) is 46.5 Å². The summed E-state index contributed by atoms with van der Waals surface area (Å²) in [7, 11) is 0. The van der Waals surface area contributed by atoms with Gasteiger partial charge in [-0.15, -0.1) is 0 Å². The highest BCUT2D eigenvalue weighted by Gasteiger charge is 2.20. The zero-order valence-corrected chi connectivity index (χ0v) is 18.6. The minimum Gasteiger partial charge on any atom is -0.397 e. The van der Waals surface area contributed by atoms with E-state index in [9.17, 15) is 14.9 Å². The predicted molar refractivity (Wildman–Crippen MR) is 123 cm³/mol. The molecule has 0 unspecified atom stereocenters. The quantitative estimate of drug-likeness (QED) is 0.209. The maximum atomic E-state index is 12.4. The number of furan rings is 1. The highest BCUT2D eigenvalue weighted by atomic mass is 16.6. The average molecular weight is 438 g/mol. The first kappa shape index (κ1) is 21.7. The molecule has 32 heavy (non-hydrogen) atoms. The van der Waals surface area contributed by atoms with Crippen LogP contribution in [0.3, 0.4) is 0 Å². The predicted octanol–water partition coefficient (Wildman–Crippen LogP) is 5.53. The van der Waals surface area contributed by atoms with Crippen LogP contribution >= 0.6 is 0 Å². The maximum absolute atomic E-state index is 12.4. The van der Waals surface area contributed by atoms with Crippen LogP contribution in [0.5, 0.6) is 0 Å². The van der Waals surface area contributed by atoms with E-state index in [4.69, 9.17) is 9.40 Å². The van der Waals surface area contributed by atoms with E-state index in [-0.39, 0.29) is 17.4 Å². The number of nitrogens with one attached hydrogen (secondary N) is 1. The van der Waals surface area contributed by atoms with Gasteiger partial charge in [0, 0.05) is 12.5 Å². The standard InChI is InChI=1S/C23H27N5O4/c1-4-5-6-7-8-11-27-18-13-16-15(26-23(29)21(24-16)14(2)3)12-17(18)25-22(27)19-9-10-20(32-19)28(30)31/h9-10,12-14H,4-8,11H2,1-3H3,(H,26,29). The van der Waals surface area contributed by atoms with Gasteiger partial charge in [-0.3, -0.25) is 14.9 Å². The third-order valence-corrected chi connectivity index (χ3v) is 5.61. The normalized spacial score (nSPS) is 11.8. The highest BCUT2D eigenvalue weighted by Crippen LogP contribution is 2.31. The van der Waals surface area contributed by atoms with E-state index in [0.29, 0.717) is 40.4 Å². The van der Waals surface area contributed by atoms with Crippen molar-refractivity contribution in [2.24, 2.45) is 0 Å². The lowest BCUT2D eigenvalue weighted by molar-refractivity contribution is -0.401. The number of nitrogens with zero attached hydrogens (tertiary/aromatic N) is 4.